The van der Waals surface area contributed by atoms with Gasteiger partial charge in [0.05, 0.1) is 6.61 Å². The fourth-order valence-electron chi connectivity index (χ4n) is 0.934. The molecule has 3 heteroatoms. The minimum Gasteiger partial charge on any atom is -0.392 e. The molecule has 1 N–H and O–H groups in total. The molecule has 3 nitrogen and oxygen atoms in total. The van der Waals surface area contributed by atoms with Gasteiger partial charge in [0.1, 0.15) is 0 Å². The van der Waals surface area contributed by atoms with Crippen LogP contribution in [-0.4, -0.2) is 17.4 Å². The minimum absolute atomic E-state index is 0.0746. The zero-order valence-electron chi connectivity index (χ0n) is 5.83. The van der Waals surface area contributed by atoms with Gasteiger partial charge in [0.15, 0.2) is 0 Å². The molecule has 0 saturated carbocycles. The largest absolute Gasteiger partial charge is 0.392 e. The van der Waals surface area contributed by atoms with E-state index < -0.39 is 0 Å². The van der Waals surface area contributed by atoms with Crippen molar-refractivity contribution in [1.82, 2.24) is 0 Å². The first-order chi connectivity index (χ1) is 4.18. The fourth-order valence-corrected chi connectivity index (χ4v) is 0.934. The van der Waals surface area contributed by atoms with Crippen LogP contribution in [0.3, 0.4) is 0 Å². The van der Waals surface area contributed by atoms with E-state index in [4.69, 9.17) is 5.11 Å². The molecule has 52 valence electrons. The van der Waals surface area contributed by atoms with E-state index in [0.29, 0.717) is 5.92 Å². The molecule has 0 amide bonds. The number of hydrogen-bond donors (Lipinski definition) is 1. The van der Waals surface area contributed by atoms with E-state index in [1.807, 2.05) is 0 Å². The number of nitrogens with zero attached hydrogens (tertiary/aromatic N) is 2. The molecule has 0 saturated heterocycles. The number of hydrogen-bond acceptors (Lipinski definition) is 3. The topological polar surface area (TPSA) is 45.0 Å². The van der Waals surface area contributed by atoms with Gasteiger partial charge in [-0.1, -0.05) is 13.8 Å². The molecular formula is C6H12N2O. The summed E-state index contributed by atoms with van der Waals surface area (Å²) in [5.74, 6) is 0.562. The summed E-state index contributed by atoms with van der Waals surface area (Å²) >= 11 is 0. The van der Waals surface area contributed by atoms with Gasteiger partial charge in [-0.3, -0.25) is 0 Å². The van der Waals surface area contributed by atoms with Gasteiger partial charge in [-0.15, -0.1) is 0 Å². The number of rotatable bonds is 3. The molecule has 1 aliphatic heterocycles. The van der Waals surface area contributed by atoms with Gasteiger partial charge in [-0.25, -0.2) is 0 Å². The normalized spacial score (nSPS) is 20.9. The predicted octanol–water partition coefficient (Wildman–Crippen LogP) is 1.19. The Morgan fingerprint density at radius 3 is 2.11 bits per heavy atom. The lowest BCUT2D eigenvalue weighted by Crippen LogP contribution is -2.18. The molecule has 9 heavy (non-hydrogen) atoms. The molecule has 1 aliphatic rings. The summed E-state index contributed by atoms with van der Waals surface area (Å²) < 4.78 is 0. The van der Waals surface area contributed by atoms with Crippen molar-refractivity contribution < 1.29 is 5.11 Å². The summed E-state index contributed by atoms with van der Waals surface area (Å²) in [6.07, 6.45) is 0.878. The fraction of sp³-hybridized carbons (Fsp3) is 1.00. The van der Waals surface area contributed by atoms with Gasteiger partial charge in [-0.05, 0) is 5.92 Å². The summed E-state index contributed by atoms with van der Waals surface area (Å²) in [7, 11) is 0. The number of aliphatic hydroxyl groups is 1. The molecule has 0 spiro atoms. The predicted molar refractivity (Wildman–Crippen MR) is 34.1 cm³/mol. The van der Waals surface area contributed by atoms with Gasteiger partial charge in [0, 0.05) is 6.42 Å². The van der Waals surface area contributed by atoms with E-state index in [0.717, 1.165) is 6.42 Å². The average molecular weight is 128 g/mol. The second-order valence-electron chi connectivity index (χ2n) is 2.94. The maximum Gasteiger partial charge on any atom is 0.213 e. The molecule has 0 unspecified atom stereocenters. The summed E-state index contributed by atoms with van der Waals surface area (Å²) in [6.45, 7) is 4.27. The molecule has 1 rings (SSSR count). The Kier molecular flexibility index (Phi) is 1.53. The smallest absolute Gasteiger partial charge is 0.213 e. The van der Waals surface area contributed by atoms with Gasteiger partial charge < -0.3 is 5.11 Å². The van der Waals surface area contributed by atoms with Gasteiger partial charge in [0.25, 0.3) is 0 Å². The highest BCUT2D eigenvalue weighted by Crippen LogP contribution is 2.33. The van der Waals surface area contributed by atoms with E-state index >= 15 is 0 Å². The lowest BCUT2D eigenvalue weighted by molar-refractivity contribution is 0.225. The van der Waals surface area contributed by atoms with Crippen LogP contribution in [0.15, 0.2) is 10.2 Å². The molecule has 1 heterocycles. The van der Waals surface area contributed by atoms with Crippen LogP contribution in [0.2, 0.25) is 0 Å². The van der Waals surface area contributed by atoms with Crippen molar-refractivity contribution in [2.45, 2.75) is 25.9 Å². The van der Waals surface area contributed by atoms with Crippen molar-refractivity contribution in [3.63, 3.8) is 0 Å². The Hall–Kier alpha value is -0.440. The molecule has 0 aromatic rings. The van der Waals surface area contributed by atoms with Crippen LogP contribution in [0.5, 0.6) is 0 Å². The maximum absolute atomic E-state index is 8.72. The summed E-state index contributed by atoms with van der Waals surface area (Å²) in [4.78, 5) is 0. The van der Waals surface area contributed by atoms with Crippen LogP contribution in [0, 0.1) is 5.92 Å². The Bertz CT molecular complexity index is 125. The molecular weight excluding hydrogens is 116 g/mol. The van der Waals surface area contributed by atoms with Crippen LogP contribution >= 0.6 is 0 Å². The zero-order chi connectivity index (χ0) is 6.91. The van der Waals surface area contributed by atoms with Crippen molar-refractivity contribution >= 4 is 0 Å². The maximum atomic E-state index is 8.72. The molecule has 0 radical (unpaired) electrons. The van der Waals surface area contributed by atoms with Crippen molar-refractivity contribution in [1.29, 1.82) is 0 Å². The molecule has 0 aromatic carbocycles. The molecule has 0 bridgehead atoms. The van der Waals surface area contributed by atoms with Gasteiger partial charge in [-0.2, -0.15) is 10.2 Å². The lowest BCUT2D eigenvalue weighted by atomic mass is 10.0. The van der Waals surface area contributed by atoms with Crippen LogP contribution in [-0.2, 0) is 0 Å². The molecule has 0 aliphatic carbocycles. The Morgan fingerprint density at radius 2 is 2.00 bits per heavy atom. The first-order valence-electron chi connectivity index (χ1n) is 3.23. The van der Waals surface area contributed by atoms with Crippen LogP contribution in [0.1, 0.15) is 20.3 Å². The van der Waals surface area contributed by atoms with E-state index in [9.17, 15) is 0 Å². The zero-order valence-corrected chi connectivity index (χ0v) is 5.83. The van der Waals surface area contributed by atoms with Crippen molar-refractivity contribution in [2.24, 2.45) is 16.1 Å². The number of aliphatic hydroxyl groups excluding tert-OH is 1. The van der Waals surface area contributed by atoms with E-state index in [2.05, 4.69) is 24.1 Å². The molecule has 0 aromatic heterocycles. The summed E-state index contributed by atoms with van der Waals surface area (Å²) in [6, 6.07) is 0. The SMILES string of the molecule is CC(C)CC1(CO)N=N1. The average Bonchev–Trinajstić information content (AvgIpc) is 2.48. The first-order valence-corrected chi connectivity index (χ1v) is 3.23. The lowest BCUT2D eigenvalue weighted by Gasteiger charge is -2.08. The third-order valence-electron chi connectivity index (χ3n) is 1.37. The highest BCUT2D eigenvalue weighted by molar-refractivity contribution is 4.92. The Morgan fingerprint density at radius 1 is 1.44 bits per heavy atom. The first kappa shape index (κ1) is 6.68. The second kappa shape index (κ2) is 2.06. The van der Waals surface area contributed by atoms with Crippen molar-refractivity contribution in [3.8, 4) is 0 Å². The van der Waals surface area contributed by atoms with Crippen LogP contribution < -0.4 is 0 Å². The highest BCUT2D eigenvalue weighted by Gasteiger charge is 2.39. The van der Waals surface area contributed by atoms with Crippen molar-refractivity contribution in [2.75, 3.05) is 6.61 Å². The van der Waals surface area contributed by atoms with Gasteiger partial charge in [0.2, 0.25) is 5.66 Å². The van der Waals surface area contributed by atoms with E-state index in [1.165, 1.54) is 0 Å². The van der Waals surface area contributed by atoms with Gasteiger partial charge >= 0.3 is 0 Å². The Labute approximate surface area is 54.8 Å². The van der Waals surface area contributed by atoms with Crippen molar-refractivity contribution in [3.05, 3.63) is 0 Å². The minimum atomic E-state index is -0.381. The van der Waals surface area contributed by atoms with E-state index in [1.54, 1.807) is 0 Å². The van der Waals surface area contributed by atoms with Crippen LogP contribution in [0.4, 0.5) is 0 Å². The van der Waals surface area contributed by atoms with Crippen LogP contribution in [0.25, 0.3) is 0 Å². The quantitative estimate of drug-likeness (QED) is 0.609. The monoisotopic (exact) mass is 128 g/mol. The second-order valence-corrected chi connectivity index (χ2v) is 2.94. The standard InChI is InChI=1S/C6H12N2O/c1-5(2)3-6(4-9)7-8-6/h5,9H,3-4H2,1-2H3. The Balaban J connectivity index is 2.26. The highest BCUT2D eigenvalue weighted by atomic mass is 16.3. The molecule has 0 fully saturated rings. The third kappa shape index (κ3) is 1.48. The molecule has 0 atom stereocenters. The summed E-state index contributed by atoms with van der Waals surface area (Å²) in [5.41, 5.74) is -0.381. The third-order valence-corrected chi connectivity index (χ3v) is 1.37. The summed E-state index contributed by atoms with van der Waals surface area (Å²) in [5, 5.41) is 16.3. The van der Waals surface area contributed by atoms with E-state index in [-0.39, 0.29) is 12.3 Å².